The van der Waals surface area contributed by atoms with Gasteiger partial charge in [0.1, 0.15) is 5.75 Å². The number of alkyl halides is 3. The molecule has 11 nitrogen and oxygen atoms in total. The molecular formula is C32H40F3N3O8. The second kappa shape index (κ2) is 12.1. The quantitative estimate of drug-likeness (QED) is 0.316. The van der Waals surface area contributed by atoms with Crippen LogP contribution in [0.5, 0.6) is 5.75 Å². The number of rotatable bonds is 10. The number of amides is 1. The van der Waals surface area contributed by atoms with Crippen molar-refractivity contribution in [2.75, 3.05) is 33.8 Å². The highest BCUT2D eigenvalue weighted by Crippen LogP contribution is 2.53. The molecule has 1 aromatic carbocycles. The number of nitrogens with two attached hydrogens (primary N) is 1. The van der Waals surface area contributed by atoms with Crippen molar-refractivity contribution in [1.29, 1.82) is 0 Å². The number of phenols is 1. The van der Waals surface area contributed by atoms with E-state index in [1.165, 1.54) is 19.0 Å². The monoisotopic (exact) mass is 651 g/mol. The van der Waals surface area contributed by atoms with Crippen molar-refractivity contribution in [2.45, 2.75) is 70.0 Å². The summed E-state index contributed by atoms with van der Waals surface area (Å²) in [6, 6.07) is -0.448. The lowest BCUT2D eigenvalue weighted by atomic mass is 9.52. The number of likely N-dealkylation sites (N-methyl/N-ethyl adjacent to an activating group) is 1. The average Bonchev–Trinajstić information content (AvgIpc) is 3.73. The number of nitrogens with zero attached hydrogens (tertiary/aromatic N) is 2. The number of fused-ring (bicyclic) bond motifs is 3. The minimum atomic E-state index is -4.93. The Hall–Kier alpha value is -3.20. The largest absolute Gasteiger partial charge is 0.507 e. The van der Waals surface area contributed by atoms with Crippen LogP contribution in [0, 0.1) is 29.6 Å². The van der Waals surface area contributed by atoms with Gasteiger partial charge in [0.15, 0.2) is 34.7 Å². The zero-order chi connectivity index (χ0) is 34.0. The number of ketones is 4. The van der Waals surface area contributed by atoms with E-state index in [0.717, 1.165) is 18.9 Å². The Morgan fingerprint density at radius 1 is 1.15 bits per heavy atom. The Morgan fingerprint density at radius 2 is 1.80 bits per heavy atom. The molecule has 4 N–H and O–H groups in total. The van der Waals surface area contributed by atoms with E-state index in [0.29, 0.717) is 25.6 Å². The number of hydrogen-bond acceptors (Lipinski definition) is 10. The van der Waals surface area contributed by atoms with Crippen LogP contribution in [-0.4, -0.2) is 101 Å². The van der Waals surface area contributed by atoms with Crippen molar-refractivity contribution in [2.24, 2.45) is 35.3 Å². The molecule has 6 atom stereocenters. The Balaban J connectivity index is 1.58. The van der Waals surface area contributed by atoms with E-state index in [9.17, 15) is 47.4 Å². The van der Waals surface area contributed by atoms with E-state index in [4.69, 9.17) is 10.5 Å². The fourth-order valence-corrected chi connectivity index (χ4v) is 7.78. The van der Waals surface area contributed by atoms with E-state index in [2.05, 4.69) is 0 Å². The first-order valence-electron chi connectivity index (χ1n) is 15.5. The number of benzene rings is 1. The number of phenolic OH excluding ortho intramolecular Hbond substituents is 1. The first-order valence-corrected chi connectivity index (χ1v) is 15.5. The maximum atomic E-state index is 14.9. The number of carbonyl (C=O) groups is 5. The second-order valence-corrected chi connectivity index (χ2v) is 13.7. The van der Waals surface area contributed by atoms with E-state index >= 15 is 0 Å². The molecule has 0 bridgehead atoms. The van der Waals surface area contributed by atoms with E-state index < -0.39 is 99.4 Å². The third-order valence-corrected chi connectivity index (χ3v) is 9.90. The molecule has 0 heterocycles. The maximum absolute atomic E-state index is 14.9. The first kappa shape index (κ1) is 34.1. The molecular weight excluding hydrogens is 611 g/mol. The summed E-state index contributed by atoms with van der Waals surface area (Å²) < 4.78 is 50.4. The van der Waals surface area contributed by atoms with Crippen LogP contribution in [0.1, 0.15) is 60.2 Å². The summed E-state index contributed by atoms with van der Waals surface area (Å²) in [4.78, 5) is 69.8. The molecule has 46 heavy (non-hydrogen) atoms. The lowest BCUT2D eigenvalue weighted by Gasteiger charge is -2.52. The summed E-state index contributed by atoms with van der Waals surface area (Å²) in [5.41, 5.74) is -0.0737. The molecule has 2 unspecified atom stereocenters. The zero-order valence-electron chi connectivity index (χ0n) is 26.2. The number of aromatic hydroxyl groups is 1. The van der Waals surface area contributed by atoms with E-state index in [1.807, 2.05) is 18.7 Å². The minimum absolute atomic E-state index is 0.0698. The molecule has 5 rings (SSSR count). The molecule has 0 spiro atoms. The van der Waals surface area contributed by atoms with Crippen molar-refractivity contribution < 1.29 is 52.1 Å². The summed E-state index contributed by atoms with van der Waals surface area (Å²) in [5.74, 6) is -13.1. The van der Waals surface area contributed by atoms with Crippen molar-refractivity contribution in [1.82, 2.24) is 9.80 Å². The van der Waals surface area contributed by atoms with Crippen molar-refractivity contribution in [3.8, 4) is 5.75 Å². The number of primary amides is 1. The van der Waals surface area contributed by atoms with Crippen molar-refractivity contribution >= 4 is 29.0 Å². The number of ether oxygens (including phenoxy) is 1. The lowest BCUT2D eigenvalue weighted by molar-refractivity contribution is -0.181. The molecule has 3 saturated carbocycles. The van der Waals surface area contributed by atoms with Gasteiger partial charge < -0.3 is 20.7 Å². The predicted molar refractivity (Wildman–Crippen MR) is 155 cm³/mol. The number of hydrogen-bond donors (Lipinski definition) is 3. The van der Waals surface area contributed by atoms with Gasteiger partial charge in [-0.15, -0.1) is 0 Å². The molecule has 0 aliphatic heterocycles. The lowest BCUT2D eigenvalue weighted by Crippen LogP contribution is -2.74. The van der Waals surface area contributed by atoms with Gasteiger partial charge in [-0.1, -0.05) is 0 Å². The van der Waals surface area contributed by atoms with Gasteiger partial charge in [-0.2, -0.15) is 13.2 Å². The van der Waals surface area contributed by atoms with Crippen LogP contribution in [0.25, 0.3) is 0 Å². The molecule has 4 aliphatic carbocycles. The number of carbonyl (C=O) groups excluding carboxylic acids is 5. The predicted octanol–water partition coefficient (Wildman–Crippen LogP) is 1.52. The molecule has 0 saturated heterocycles. The highest BCUT2D eigenvalue weighted by molar-refractivity contribution is 6.32. The van der Waals surface area contributed by atoms with Gasteiger partial charge in [-0.25, -0.2) is 0 Å². The van der Waals surface area contributed by atoms with Crippen LogP contribution in [-0.2, 0) is 43.1 Å². The Kier molecular flexibility index (Phi) is 8.99. The Labute approximate surface area is 264 Å². The van der Waals surface area contributed by atoms with Crippen LogP contribution < -0.4 is 5.73 Å². The first-order chi connectivity index (χ1) is 21.4. The maximum Gasteiger partial charge on any atom is 0.417 e. The molecule has 1 aromatic rings. The average molecular weight is 652 g/mol. The summed E-state index contributed by atoms with van der Waals surface area (Å²) in [6.45, 7) is 4.71. The molecule has 14 heteroatoms. The Bertz CT molecular complexity index is 1470. The third kappa shape index (κ3) is 5.77. The Morgan fingerprint density at radius 3 is 2.35 bits per heavy atom. The summed E-state index contributed by atoms with van der Waals surface area (Å²) >= 11 is 0. The standard InChI is InChI=1S/C32H40F3N3O8/c1-14(2)46-8-7-38(12-15-5-6-15)13-17-11-20(39)22-18(24(17)32(33,34)35)9-16-10-19-25(37(3)4)27(41)23(30(36)44)29(43)31(19,45)28(42)21(16)26(22)40/h11,14-16,19,21,23,25,39,45H,5-10,12-13H2,1-4H3,(H2,36,44)/t16-,19-,21?,23?,25-,31-/m0/s1. The minimum Gasteiger partial charge on any atom is -0.507 e. The summed E-state index contributed by atoms with van der Waals surface area (Å²) in [6.07, 6.45) is -3.90. The van der Waals surface area contributed by atoms with Crippen molar-refractivity contribution in [3.63, 3.8) is 0 Å². The van der Waals surface area contributed by atoms with Crippen LogP contribution in [0.2, 0.25) is 0 Å². The van der Waals surface area contributed by atoms with Crippen LogP contribution in [0.3, 0.4) is 0 Å². The van der Waals surface area contributed by atoms with Crippen LogP contribution in [0.15, 0.2) is 6.07 Å². The SMILES string of the molecule is CC(C)OCCN(Cc1cc(O)c2c(c1C(F)(F)F)C[C@H]1C[C@H]3[C@H](N(C)C)C(=O)C(C(N)=O)C(=O)[C@@]3(O)C(=O)C1C2=O)CC1CC1. The highest BCUT2D eigenvalue weighted by Gasteiger charge is 2.69. The molecule has 3 fully saturated rings. The fraction of sp³-hybridized carbons (Fsp3) is 0.656. The van der Waals surface area contributed by atoms with E-state index in [1.54, 1.807) is 0 Å². The van der Waals surface area contributed by atoms with Gasteiger partial charge in [0.25, 0.3) is 0 Å². The van der Waals surface area contributed by atoms with Crippen LogP contribution >= 0.6 is 0 Å². The third-order valence-electron chi connectivity index (χ3n) is 9.90. The number of aliphatic hydroxyl groups is 1. The van der Waals surface area contributed by atoms with Crippen molar-refractivity contribution in [3.05, 3.63) is 28.3 Å². The molecule has 0 radical (unpaired) electrons. The zero-order valence-corrected chi connectivity index (χ0v) is 26.2. The normalized spacial score (nSPS) is 29.8. The molecule has 1 amide bonds. The van der Waals surface area contributed by atoms with E-state index in [-0.39, 0.29) is 24.6 Å². The number of halogens is 3. The summed E-state index contributed by atoms with van der Waals surface area (Å²) in [5, 5.41) is 22.7. The van der Waals surface area contributed by atoms with Gasteiger partial charge in [0.2, 0.25) is 5.91 Å². The topological polar surface area (TPSA) is 168 Å². The smallest absolute Gasteiger partial charge is 0.417 e. The van der Waals surface area contributed by atoms with Crippen LogP contribution in [0.4, 0.5) is 13.2 Å². The molecule has 252 valence electrons. The summed E-state index contributed by atoms with van der Waals surface area (Å²) in [7, 11) is 2.86. The van der Waals surface area contributed by atoms with Gasteiger partial charge in [0, 0.05) is 25.6 Å². The van der Waals surface area contributed by atoms with Gasteiger partial charge >= 0.3 is 6.18 Å². The molecule has 4 aliphatic rings. The number of Topliss-reactive ketones (excluding diaryl/α,β-unsaturated/α-hetero) is 4. The van der Waals surface area contributed by atoms with Gasteiger partial charge in [-0.3, -0.25) is 33.8 Å². The van der Waals surface area contributed by atoms with Gasteiger partial charge in [0.05, 0.1) is 35.8 Å². The fourth-order valence-electron chi connectivity index (χ4n) is 7.78. The highest BCUT2D eigenvalue weighted by atomic mass is 19.4. The second-order valence-electron chi connectivity index (χ2n) is 13.7. The molecule has 0 aromatic heterocycles. The van der Waals surface area contributed by atoms with Gasteiger partial charge in [-0.05, 0) is 82.7 Å².